The molecule has 1 aromatic carbocycles. The van der Waals surface area contributed by atoms with Gasteiger partial charge in [-0.15, -0.1) is 11.3 Å². The summed E-state index contributed by atoms with van der Waals surface area (Å²) in [6.07, 6.45) is 4.27. The second-order valence-electron chi connectivity index (χ2n) is 6.80. The van der Waals surface area contributed by atoms with Crippen LogP contribution in [0.25, 0.3) is 11.0 Å². The molecule has 1 amide bonds. The number of halogens is 1. The van der Waals surface area contributed by atoms with Crippen LogP contribution in [0.3, 0.4) is 0 Å². The largest absolute Gasteiger partial charge is 0.346 e. The third kappa shape index (κ3) is 4.21. The number of amides is 1. The fraction of sp³-hybridized carbons (Fsp3) is 0.182. The van der Waals surface area contributed by atoms with Gasteiger partial charge in [-0.25, -0.2) is 9.37 Å². The molecule has 3 aromatic heterocycles. The molecule has 0 aliphatic heterocycles. The van der Waals surface area contributed by atoms with Gasteiger partial charge in [-0.2, -0.15) is 0 Å². The zero-order valence-electron chi connectivity index (χ0n) is 15.9. The van der Waals surface area contributed by atoms with Crippen molar-refractivity contribution in [1.29, 1.82) is 0 Å². The van der Waals surface area contributed by atoms with Crippen molar-refractivity contribution in [2.75, 3.05) is 13.6 Å². The minimum absolute atomic E-state index is 0.154. The highest BCUT2D eigenvalue weighted by Gasteiger charge is 2.19. The lowest BCUT2D eigenvalue weighted by Crippen LogP contribution is -2.34. The summed E-state index contributed by atoms with van der Waals surface area (Å²) in [6, 6.07) is 12.0. The Morgan fingerprint density at radius 2 is 2.14 bits per heavy atom. The van der Waals surface area contributed by atoms with Crippen molar-refractivity contribution >= 4 is 28.3 Å². The van der Waals surface area contributed by atoms with Crippen molar-refractivity contribution < 1.29 is 9.18 Å². The van der Waals surface area contributed by atoms with E-state index in [0.29, 0.717) is 17.8 Å². The Labute approximate surface area is 172 Å². The van der Waals surface area contributed by atoms with Crippen LogP contribution in [0.4, 0.5) is 4.39 Å². The average Bonchev–Trinajstić information content (AvgIpc) is 3.37. The van der Waals surface area contributed by atoms with Gasteiger partial charge in [0.15, 0.2) is 0 Å². The first kappa shape index (κ1) is 19.3. The third-order valence-corrected chi connectivity index (χ3v) is 5.80. The number of hydrogen-bond acceptors (Lipinski definition) is 4. The second kappa shape index (κ2) is 8.55. The van der Waals surface area contributed by atoms with Crippen LogP contribution in [-0.4, -0.2) is 29.5 Å². The number of benzene rings is 1. The van der Waals surface area contributed by atoms with E-state index in [0.717, 1.165) is 27.7 Å². The third-order valence-electron chi connectivity index (χ3n) is 4.85. The van der Waals surface area contributed by atoms with Crippen LogP contribution >= 0.6 is 11.3 Å². The van der Waals surface area contributed by atoms with Crippen molar-refractivity contribution in [2.24, 2.45) is 0 Å². The second-order valence-corrected chi connectivity index (χ2v) is 7.72. The van der Waals surface area contributed by atoms with Gasteiger partial charge in [0, 0.05) is 24.3 Å². The number of aromatic nitrogens is 2. The number of fused-ring (bicyclic) bond motifs is 1. The molecule has 0 aliphatic rings. The molecular formula is C22H21FN4OS. The van der Waals surface area contributed by atoms with Gasteiger partial charge in [0.2, 0.25) is 0 Å². The number of carbonyl (C=O) groups is 1. The first-order valence-electron chi connectivity index (χ1n) is 9.34. The highest BCUT2D eigenvalue weighted by Crippen LogP contribution is 2.25. The molecule has 0 bridgehead atoms. The van der Waals surface area contributed by atoms with E-state index in [2.05, 4.69) is 20.6 Å². The maximum absolute atomic E-state index is 13.6. The number of carbonyl (C=O) groups excluding carboxylic acids is 1. The number of hydrogen-bond donors (Lipinski definition) is 3. The monoisotopic (exact) mass is 408 g/mol. The van der Waals surface area contributed by atoms with Crippen molar-refractivity contribution in [3.8, 4) is 0 Å². The SMILES string of the molecule is CNCC(NC(=O)c1sccc1Cc1ccnc2[nH]ccc12)c1cccc(F)c1. The number of rotatable bonds is 7. The maximum Gasteiger partial charge on any atom is 0.262 e. The molecule has 148 valence electrons. The van der Waals surface area contributed by atoms with Crippen LogP contribution in [0, 0.1) is 5.82 Å². The lowest BCUT2D eigenvalue weighted by molar-refractivity contribution is 0.0940. The van der Waals surface area contributed by atoms with Crippen molar-refractivity contribution in [2.45, 2.75) is 12.5 Å². The quantitative estimate of drug-likeness (QED) is 0.432. The number of pyridine rings is 1. The van der Waals surface area contributed by atoms with Crippen LogP contribution in [0.1, 0.15) is 32.4 Å². The van der Waals surface area contributed by atoms with E-state index in [1.807, 2.05) is 35.8 Å². The smallest absolute Gasteiger partial charge is 0.262 e. The van der Waals surface area contributed by atoms with E-state index in [4.69, 9.17) is 0 Å². The van der Waals surface area contributed by atoms with E-state index < -0.39 is 0 Å². The molecule has 1 unspecified atom stereocenters. The van der Waals surface area contributed by atoms with Crippen LogP contribution in [0.5, 0.6) is 0 Å². The Bertz CT molecular complexity index is 1140. The zero-order valence-corrected chi connectivity index (χ0v) is 16.7. The van der Waals surface area contributed by atoms with Gasteiger partial charge >= 0.3 is 0 Å². The molecule has 0 spiro atoms. The van der Waals surface area contributed by atoms with Gasteiger partial charge < -0.3 is 15.6 Å². The van der Waals surface area contributed by atoms with E-state index >= 15 is 0 Å². The van der Waals surface area contributed by atoms with Crippen LogP contribution in [0.15, 0.2) is 60.2 Å². The number of nitrogens with zero attached hydrogens (tertiary/aromatic N) is 1. The molecule has 7 heteroatoms. The van der Waals surface area contributed by atoms with Gasteiger partial charge in [0.05, 0.1) is 10.9 Å². The summed E-state index contributed by atoms with van der Waals surface area (Å²) in [6.45, 7) is 0.504. The summed E-state index contributed by atoms with van der Waals surface area (Å²) in [5.41, 5.74) is 3.64. The van der Waals surface area contributed by atoms with Crippen molar-refractivity contribution in [3.63, 3.8) is 0 Å². The maximum atomic E-state index is 13.6. The predicted octanol–water partition coefficient (Wildman–Crippen LogP) is 4.04. The van der Waals surface area contributed by atoms with Gasteiger partial charge in [0.1, 0.15) is 11.5 Å². The first-order valence-corrected chi connectivity index (χ1v) is 10.2. The minimum Gasteiger partial charge on any atom is -0.346 e. The molecule has 4 aromatic rings. The topological polar surface area (TPSA) is 69.8 Å². The summed E-state index contributed by atoms with van der Waals surface area (Å²) in [7, 11) is 1.81. The van der Waals surface area contributed by atoms with Gasteiger partial charge in [0.25, 0.3) is 5.91 Å². The van der Waals surface area contributed by atoms with Gasteiger partial charge in [-0.05, 0) is 65.9 Å². The summed E-state index contributed by atoms with van der Waals surface area (Å²) < 4.78 is 13.6. The standard InChI is InChI=1S/C22H21FN4OS/c1-24-13-19(15-3-2-4-17(23)12-15)27-22(28)20-16(7-10-29-20)11-14-5-8-25-21-18(14)6-9-26-21/h2-10,12,19,24H,11,13H2,1H3,(H,25,26)(H,27,28). The Balaban J connectivity index is 1.56. The van der Waals surface area contributed by atoms with Gasteiger partial charge in [-0.3, -0.25) is 4.79 Å². The summed E-state index contributed by atoms with van der Waals surface area (Å²) in [5, 5.41) is 9.09. The molecule has 29 heavy (non-hydrogen) atoms. The Morgan fingerprint density at radius 1 is 1.24 bits per heavy atom. The molecule has 5 nitrogen and oxygen atoms in total. The fourth-order valence-electron chi connectivity index (χ4n) is 3.46. The number of aromatic amines is 1. The highest BCUT2D eigenvalue weighted by molar-refractivity contribution is 7.12. The normalized spacial score (nSPS) is 12.2. The molecule has 0 fully saturated rings. The predicted molar refractivity (Wildman–Crippen MR) is 114 cm³/mol. The molecule has 3 N–H and O–H groups in total. The molecule has 0 aliphatic carbocycles. The molecule has 1 atom stereocenters. The molecule has 4 rings (SSSR count). The summed E-state index contributed by atoms with van der Waals surface area (Å²) >= 11 is 1.41. The summed E-state index contributed by atoms with van der Waals surface area (Å²) in [5.74, 6) is -0.471. The molecular weight excluding hydrogens is 387 g/mol. The molecule has 0 saturated carbocycles. The lowest BCUT2D eigenvalue weighted by atomic mass is 10.0. The van der Waals surface area contributed by atoms with Crippen LogP contribution < -0.4 is 10.6 Å². The Kier molecular flexibility index (Phi) is 5.69. The zero-order chi connectivity index (χ0) is 20.2. The number of thiophene rings is 1. The molecule has 0 radical (unpaired) electrons. The van der Waals surface area contributed by atoms with Crippen LogP contribution in [0.2, 0.25) is 0 Å². The Morgan fingerprint density at radius 3 is 2.97 bits per heavy atom. The lowest BCUT2D eigenvalue weighted by Gasteiger charge is -2.19. The number of nitrogens with one attached hydrogen (secondary N) is 3. The fourth-order valence-corrected chi connectivity index (χ4v) is 4.28. The van der Waals surface area contributed by atoms with E-state index in [9.17, 15) is 9.18 Å². The van der Waals surface area contributed by atoms with Gasteiger partial charge in [-0.1, -0.05) is 12.1 Å². The number of H-pyrrole nitrogens is 1. The summed E-state index contributed by atoms with van der Waals surface area (Å²) in [4.78, 5) is 21.1. The molecule has 3 heterocycles. The first-order chi connectivity index (χ1) is 14.2. The minimum atomic E-state index is -0.324. The average molecular weight is 409 g/mol. The molecule has 0 saturated heterocycles. The van der Waals surface area contributed by atoms with E-state index in [1.165, 1.54) is 23.5 Å². The van der Waals surface area contributed by atoms with E-state index in [1.54, 1.807) is 19.3 Å². The van der Waals surface area contributed by atoms with Crippen LogP contribution in [-0.2, 0) is 6.42 Å². The van der Waals surface area contributed by atoms with E-state index in [-0.39, 0.29) is 17.8 Å². The Hall–Kier alpha value is -3.03. The number of likely N-dealkylation sites (N-methyl/N-ethyl adjacent to an activating group) is 1. The highest BCUT2D eigenvalue weighted by atomic mass is 32.1. The van der Waals surface area contributed by atoms with Crippen molar-refractivity contribution in [1.82, 2.24) is 20.6 Å². The van der Waals surface area contributed by atoms with Crippen molar-refractivity contribution in [3.05, 3.63) is 87.6 Å².